The topological polar surface area (TPSA) is 76.0 Å². The second kappa shape index (κ2) is 6.99. The van der Waals surface area contributed by atoms with Gasteiger partial charge in [-0.3, -0.25) is 4.79 Å². The van der Waals surface area contributed by atoms with E-state index in [-0.39, 0.29) is 42.0 Å². The van der Waals surface area contributed by atoms with Gasteiger partial charge in [-0.1, -0.05) is 27.7 Å². The van der Waals surface area contributed by atoms with Crippen molar-refractivity contribution in [3.05, 3.63) is 0 Å². The molecular weight excluding hydrogens is 300 g/mol. The van der Waals surface area contributed by atoms with Gasteiger partial charge in [0.05, 0.1) is 24.7 Å². The summed E-state index contributed by atoms with van der Waals surface area (Å²) in [6.07, 6.45) is -1.26. The monoisotopic (exact) mass is 332 g/mol. The van der Waals surface area contributed by atoms with Crippen molar-refractivity contribution < 1.29 is 24.2 Å². The first kappa shape index (κ1) is 19.6. The molecule has 130 valence electrons. The highest BCUT2D eigenvalue weighted by molar-refractivity contribution is 6.74. The largest absolute Gasteiger partial charge is 0.462 e. The molecule has 1 fully saturated rings. The molecule has 1 heterocycles. The summed E-state index contributed by atoms with van der Waals surface area (Å²) >= 11 is 0. The molecule has 0 radical (unpaired) electrons. The minimum absolute atomic E-state index is 0.0111. The molecule has 0 aromatic rings. The van der Waals surface area contributed by atoms with Crippen molar-refractivity contribution in [3.63, 3.8) is 0 Å². The van der Waals surface area contributed by atoms with Gasteiger partial charge < -0.3 is 19.4 Å². The van der Waals surface area contributed by atoms with Crippen molar-refractivity contribution in [2.24, 2.45) is 11.8 Å². The Morgan fingerprint density at radius 2 is 1.86 bits per heavy atom. The van der Waals surface area contributed by atoms with Crippen LogP contribution in [0.15, 0.2) is 0 Å². The molecule has 0 aliphatic carbocycles. The van der Waals surface area contributed by atoms with E-state index in [1.807, 2.05) is 13.8 Å². The van der Waals surface area contributed by atoms with Gasteiger partial charge in [-0.25, -0.2) is 0 Å². The van der Waals surface area contributed by atoms with E-state index in [2.05, 4.69) is 33.9 Å². The van der Waals surface area contributed by atoms with Crippen LogP contribution in [0.1, 0.15) is 41.0 Å². The third-order valence-electron chi connectivity index (χ3n) is 5.19. The van der Waals surface area contributed by atoms with Gasteiger partial charge in [-0.05, 0) is 25.1 Å². The second-order valence-electron chi connectivity index (χ2n) is 8.04. The average Bonchev–Trinajstić information content (AvgIpc) is 2.39. The molecule has 1 aliphatic heterocycles. The molecule has 0 aromatic carbocycles. The Labute approximate surface area is 135 Å². The van der Waals surface area contributed by atoms with Crippen LogP contribution in [0.25, 0.3) is 0 Å². The zero-order chi connectivity index (χ0) is 17.3. The number of cyclic esters (lactones) is 1. The molecule has 0 amide bonds. The predicted octanol–water partition coefficient (Wildman–Crippen LogP) is 2.32. The summed E-state index contributed by atoms with van der Waals surface area (Å²) in [5, 5.41) is 18.7. The van der Waals surface area contributed by atoms with Crippen LogP contribution in [0.4, 0.5) is 0 Å². The molecule has 0 unspecified atom stereocenters. The Morgan fingerprint density at radius 1 is 1.32 bits per heavy atom. The van der Waals surface area contributed by atoms with Gasteiger partial charge in [-0.15, -0.1) is 0 Å². The minimum Gasteiger partial charge on any atom is -0.462 e. The zero-order valence-electron chi connectivity index (χ0n) is 14.9. The molecule has 1 rings (SSSR count). The highest BCUT2D eigenvalue weighted by Gasteiger charge is 2.47. The maximum absolute atomic E-state index is 12.1. The van der Waals surface area contributed by atoms with Crippen LogP contribution in [0.3, 0.4) is 0 Å². The number of carbonyl (C=O) groups is 1. The second-order valence-corrected chi connectivity index (χ2v) is 12.8. The van der Waals surface area contributed by atoms with Crippen LogP contribution >= 0.6 is 0 Å². The van der Waals surface area contributed by atoms with Crippen LogP contribution in [-0.2, 0) is 14.0 Å². The van der Waals surface area contributed by atoms with E-state index in [0.717, 1.165) is 0 Å². The van der Waals surface area contributed by atoms with Crippen LogP contribution in [0.5, 0.6) is 0 Å². The minimum atomic E-state index is -2.00. The van der Waals surface area contributed by atoms with E-state index in [1.54, 1.807) is 0 Å². The summed E-state index contributed by atoms with van der Waals surface area (Å²) in [6.45, 7) is 14.4. The van der Waals surface area contributed by atoms with Crippen LogP contribution < -0.4 is 0 Å². The summed E-state index contributed by atoms with van der Waals surface area (Å²) in [7, 11) is -2.00. The predicted molar refractivity (Wildman–Crippen MR) is 88.0 cm³/mol. The molecule has 22 heavy (non-hydrogen) atoms. The van der Waals surface area contributed by atoms with Crippen LogP contribution in [0, 0.1) is 11.8 Å². The van der Waals surface area contributed by atoms with Crippen molar-refractivity contribution in [1.29, 1.82) is 0 Å². The molecule has 5 atom stereocenters. The highest BCUT2D eigenvalue weighted by Crippen LogP contribution is 2.41. The van der Waals surface area contributed by atoms with Crippen molar-refractivity contribution in [2.45, 2.75) is 77.5 Å². The maximum atomic E-state index is 12.1. The maximum Gasteiger partial charge on any atom is 0.311 e. The van der Waals surface area contributed by atoms with E-state index in [9.17, 15) is 9.90 Å². The molecule has 5 nitrogen and oxygen atoms in total. The number of ether oxygens (including phenoxy) is 1. The molecular formula is C16H32O5Si. The smallest absolute Gasteiger partial charge is 0.311 e. The Hall–Kier alpha value is -0.433. The first-order valence-electron chi connectivity index (χ1n) is 8.08. The summed E-state index contributed by atoms with van der Waals surface area (Å²) in [6, 6.07) is 0. The van der Waals surface area contributed by atoms with Gasteiger partial charge in [0.1, 0.15) is 6.10 Å². The van der Waals surface area contributed by atoms with Gasteiger partial charge in [0, 0.05) is 12.3 Å². The van der Waals surface area contributed by atoms with E-state index < -0.39 is 20.5 Å². The SMILES string of the molecule is C[C@@H]1[C@H](O[Si](C)(C)C(C)(C)C)[C@@H](C)C(=O)O[C@H]1C[C@H](O)CO. The normalized spacial score (nSPS) is 31.8. The number of hydrogen-bond donors (Lipinski definition) is 2. The first-order chi connectivity index (χ1) is 9.90. The molecule has 0 saturated carbocycles. The average molecular weight is 333 g/mol. The standard InChI is InChI=1S/C16H32O5Si/c1-10-13(8-12(18)9-17)20-15(19)11(2)14(10)21-22(6,7)16(3,4)5/h10-14,17-18H,8-9H2,1-7H3/t10-,11+,12-,13-,14-/m0/s1. The highest BCUT2D eigenvalue weighted by atomic mass is 28.4. The summed E-state index contributed by atoms with van der Waals surface area (Å²) in [5.41, 5.74) is 0. The number of aliphatic hydroxyl groups excluding tert-OH is 2. The fourth-order valence-corrected chi connectivity index (χ4v) is 3.95. The van der Waals surface area contributed by atoms with Crippen molar-refractivity contribution in [1.82, 2.24) is 0 Å². The third-order valence-corrected chi connectivity index (χ3v) is 9.66. The van der Waals surface area contributed by atoms with Crippen molar-refractivity contribution in [3.8, 4) is 0 Å². The Morgan fingerprint density at radius 3 is 2.32 bits per heavy atom. The molecule has 6 heteroatoms. The summed E-state index contributed by atoms with van der Waals surface area (Å²) in [5.74, 6) is -0.605. The lowest BCUT2D eigenvalue weighted by Crippen LogP contribution is -2.54. The van der Waals surface area contributed by atoms with Crippen LogP contribution in [0.2, 0.25) is 18.1 Å². The lowest BCUT2D eigenvalue weighted by molar-refractivity contribution is -0.178. The van der Waals surface area contributed by atoms with Gasteiger partial charge in [-0.2, -0.15) is 0 Å². The molecule has 1 saturated heterocycles. The molecule has 0 aromatic heterocycles. The lowest BCUT2D eigenvalue weighted by atomic mass is 9.84. The quantitative estimate of drug-likeness (QED) is 0.597. The molecule has 0 spiro atoms. The van der Waals surface area contributed by atoms with Gasteiger partial charge in [0.25, 0.3) is 0 Å². The van der Waals surface area contributed by atoms with Crippen molar-refractivity contribution >= 4 is 14.3 Å². The van der Waals surface area contributed by atoms with E-state index in [0.29, 0.717) is 0 Å². The Bertz CT molecular complexity index is 390. The molecule has 0 bridgehead atoms. The first-order valence-corrected chi connectivity index (χ1v) is 11.0. The van der Waals surface area contributed by atoms with Crippen LogP contribution in [-0.4, -0.2) is 49.4 Å². The van der Waals surface area contributed by atoms with E-state index in [4.69, 9.17) is 14.3 Å². The fourth-order valence-electron chi connectivity index (χ4n) is 2.50. The number of aliphatic hydroxyl groups is 2. The number of carbonyl (C=O) groups excluding carboxylic acids is 1. The molecule has 2 N–H and O–H groups in total. The molecule has 1 aliphatic rings. The Kier molecular flexibility index (Phi) is 6.23. The zero-order valence-corrected chi connectivity index (χ0v) is 15.9. The van der Waals surface area contributed by atoms with Gasteiger partial charge >= 0.3 is 5.97 Å². The van der Waals surface area contributed by atoms with Crippen molar-refractivity contribution in [2.75, 3.05) is 6.61 Å². The summed E-state index contributed by atoms with van der Waals surface area (Å²) in [4.78, 5) is 12.1. The Balaban J connectivity index is 2.93. The lowest BCUT2D eigenvalue weighted by Gasteiger charge is -2.46. The fraction of sp³-hybridized carbons (Fsp3) is 0.938. The van der Waals surface area contributed by atoms with E-state index in [1.165, 1.54) is 0 Å². The number of esters is 1. The summed E-state index contributed by atoms with van der Waals surface area (Å²) < 4.78 is 11.9. The third kappa shape index (κ3) is 4.31. The van der Waals surface area contributed by atoms with Gasteiger partial charge in [0.15, 0.2) is 8.32 Å². The number of rotatable bonds is 5. The number of hydrogen-bond acceptors (Lipinski definition) is 5. The van der Waals surface area contributed by atoms with E-state index >= 15 is 0 Å². The van der Waals surface area contributed by atoms with Gasteiger partial charge in [0.2, 0.25) is 0 Å².